The molecule has 2 atom stereocenters. The summed E-state index contributed by atoms with van der Waals surface area (Å²) in [6.45, 7) is 3.98. The van der Waals surface area contributed by atoms with Crippen LogP contribution in [0.1, 0.15) is 25.5 Å². The highest BCUT2D eigenvalue weighted by molar-refractivity contribution is 7.99. The monoisotopic (exact) mass is 455 g/mol. The summed E-state index contributed by atoms with van der Waals surface area (Å²) in [6.07, 6.45) is -0.497. The molecule has 11 heteroatoms. The molecule has 0 amide bonds. The van der Waals surface area contributed by atoms with Gasteiger partial charge in [0.25, 0.3) is 5.56 Å². The van der Waals surface area contributed by atoms with E-state index in [9.17, 15) is 18.0 Å². The molecule has 2 aromatic rings. The van der Waals surface area contributed by atoms with E-state index in [-0.39, 0.29) is 27.4 Å². The lowest BCUT2D eigenvalue weighted by Gasteiger charge is -2.41. The Morgan fingerprint density at radius 2 is 1.97 bits per heavy atom. The summed E-state index contributed by atoms with van der Waals surface area (Å²) in [5, 5.41) is 0. The first-order valence-electron chi connectivity index (χ1n) is 10.0. The van der Waals surface area contributed by atoms with Crippen LogP contribution in [0, 0.1) is 5.41 Å². The van der Waals surface area contributed by atoms with E-state index >= 15 is 0 Å². The Hall–Kier alpha value is -2.11. The minimum atomic E-state index is -4.60. The van der Waals surface area contributed by atoms with Crippen LogP contribution in [0.2, 0.25) is 0 Å². The molecule has 0 aliphatic carbocycles. The Morgan fingerprint density at radius 3 is 2.58 bits per heavy atom. The fourth-order valence-corrected chi connectivity index (χ4v) is 5.29. The highest BCUT2D eigenvalue weighted by Gasteiger charge is 2.47. The van der Waals surface area contributed by atoms with Gasteiger partial charge in [-0.05, 0) is 31.9 Å². The minimum absolute atomic E-state index is 0.0208. The van der Waals surface area contributed by atoms with Crippen molar-refractivity contribution in [2.75, 3.05) is 24.6 Å². The highest BCUT2D eigenvalue weighted by atomic mass is 32.2. The number of hydrogen-bond donors (Lipinski definition) is 1. The van der Waals surface area contributed by atoms with Gasteiger partial charge in [0.1, 0.15) is 0 Å². The van der Waals surface area contributed by atoms with E-state index in [1.807, 2.05) is 11.8 Å². The normalized spacial score (nSPS) is 23.5. The first-order valence-corrected chi connectivity index (χ1v) is 10.8. The number of anilines is 1. The second-order valence-corrected chi connectivity index (χ2v) is 9.21. The molecule has 0 bridgehead atoms. The first kappa shape index (κ1) is 22.1. The Morgan fingerprint density at radius 1 is 1.26 bits per heavy atom. The van der Waals surface area contributed by atoms with Gasteiger partial charge in [0, 0.05) is 42.7 Å². The van der Waals surface area contributed by atoms with Crippen LogP contribution in [0.25, 0.3) is 0 Å². The molecule has 2 N–H and O–H groups in total. The minimum Gasteiger partial charge on any atom is -0.376 e. The van der Waals surface area contributed by atoms with Crippen molar-refractivity contribution in [2.24, 2.45) is 18.2 Å². The fourth-order valence-electron chi connectivity index (χ4n) is 4.31. The first-order chi connectivity index (χ1) is 14.6. The topological polar surface area (TPSA) is 86.3 Å². The summed E-state index contributed by atoms with van der Waals surface area (Å²) in [4.78, 5) is 22.7. The van der Waals surface area contributed by atoms with Crippen molar-refractivity contribution in [3.8, 4) is 0 Å². The van der Waals surface area contributed by atoms with Gasteiger partial charge in [-0.15, -0.1) is 0 Å². The molecule has 168 valence electrons. The number of alkyl halides is 3. The molecule has 0 radical (unpaired) electrons. The van der Waals surface area contributed by atoms with Crippen molar-refractivity contribution in [1.82, 2.24) is 14.5 Å². The summed E-state index contributed by atoms with van der Waals surface area (Å²) in [5.74, 6) is 0.493. The second-order valence-electron chi connectivity index (χ2n) is 8.13. The second kappa shape index (κ2) is 8.10. The lowest BCUT2D eigenvalue weighted by molar-refractivity contribution is -0.143. The van der Waals surface area contributed by atoms with Gasteiger partial charge in [-0.25, -0.2) is 4.98 Å². The molecule has 1 spiro atoms. The molecule has 4 heterocycles. The van der Waals surface area contributed by atoms with E-state index in [4.69, 9.17) is 10.5 Å². The predicted molar refractivity (Wildman–Crippen MR) is 110 cm³/mol. The zero-order chi connectivity index (χ0) is 22.4. The number of ether oxygens (including phenoxy) is 1. The Bertz CT molecular complexity index is 1020. The van der Waals surface area contributed by atoms with Gasteiger partial charge in [-0.2, -0.15) is 13.2 Å². The lowest BCUT2D eigenvalue weighted by Crippen LogP contribution is -2.51. The van der Waals surface area contributed by atoms with Gasteiger partial charge in [0.05, 0.1) is 23.8 Å². The van der Waals surface area contributed by atoms with Crippen LogP contribution in [0.5, 0.6) is 0 Å². The summed E-state index contributed by atoms with van der Waals surface area (Å²) in [6, 6.07) is 2.69. The maximum Gasteiger partial charge on any atom is 0.434 e. The van der Waals surface area contributed by atoms with Gasteiger partial charge < -0.3 is 15.4 Å². The van der Waals surface area contributed by atoms with E-state index in [1.54, 1.807) is 7.05 Å². The predicted octanol–water partition coefficient (Wildman–Crippen LogP) is 2.68. The standard InChI is InChI=1S/C20H24F3N5O2S/c1-12-15(24)19(11-30-12)5-8-28(9-6-19)18-26-10-14(17(29)27(18)2)31-13-4-3-7-25-16(13)20(21,22)23/h3-4,7,10,12,15H,5-6,8-9,11,24H2,1-2H3/t12-,15+/m0/s1. The van der Waals surface area contributed by atoms with Gasteiger partial charge in [0.2, 0.25) is 5.95 Å². The lowest BCUT2D eigenvalue weighted by atomic mass is 9.73. The van der Waals surface area contributed by atoms with E-state index < -0.39 is 17.4 Å². The van der Waals surface area contributed by atoms with Crippen molar-refractivity contribution in [2.45, 2.75) is 47.9 Å². The number of hydrogen-bond acceptors (Lipinski definition) is 7. The maximum atomic E-state index is 13.2. The van der Waals surface area contributed by atoms with E-state index in [1.165, 1.54) is 22.9 Å². The number of rotatable bonds is 3. The molecule has 2 aromatic heterocycles. The molecule has 2 aliphatic heterocycles. The van der Waals surface area contributed by atoms with Crippen molar-refractivity contribution >= 4 is 17.7 Å². The third-order valence-electron chi connectivity index (χ3n) is 6.26. The fraction of sp³-hybridized carbons (Fsp3) is 0.550. The van der Waals surface area contributed by atoms with Crippen LogP contribution >= 0.6 is 11.8 Å². The zero-order valence-electron chi connectivity index (χ0n) is 17.2. The Labute approximate surface area is 181 Å². The Kier molecular flexibility index (Phi) is 5.78. The van der Waals surface area contributed by atoms with Gasteiger partial charge in [-0.3, -0.25) is 14.3 Å². The quantitative estimate of drug-likeness (QED) is 0.762. The highest BCUT2D eigenvalue weighted by Crippen LogP contribution is 2.42. The summed E-state index contributed by atoms with van der Waals surface area (Å²) < 4.78 is 46.8. The molecule has 0 saturated carbocycles. The molecule has 7 nitrogen and oxygen atoms in total. The molecule has 4 rings (SSSR count). The third kappa shape index (κ3) is 4.06. The van der Waals surface area contributed by atoms with Gasteiger partial charge in [0.15, 0.2) is 5.69 Å². The molecular weight excluding hydrogens is 431 g/mol. The number of aromatic nitrogens is 3. The average Bonchev–Trinajstić information content (AvgIpc) is 3.01. The summed E-state index contributed by atoms with van der Waals surface area (Å²) >= 11 is 0.723. The van der Waals surface area contributed by atoms with E-state index in [0.717, 1.165) is 30.8 Å². The number of nitrogens with zero attached hydrogens (tertiary/aromatic N) is 4. The van der Waals surface area contributed by atoms with Crippen LogP contribution in [-0.2, 0) is 18.0 Å². The third-order valence-corrected chi connectivity index (χ3v) is 7.31. The van der Waals surface area contributed by atoms with Crippen molar-refractivity contribution in [1.29, 1.82) is 0 Å². The summed E-state index contributed by atoms with van der Waals surface area (Å²) in [5.41, 5.74) is 4.89. The van der Waals surface area contributed by atoms with Gasteiger partial charge >= 0.3 is 6.18 Å². The maximum absolute atomic E-state index is 13.2. The molecule has 2 fully saturated rings. The average molecular weight is 456 g/mol. The van der Waals surface area contributed by atoms with Crippen molar-refractivity contribution < 1.29 is 17.9 Å². The van der Waals surface area contributed by atoms with Crippen LogP contribution in [0.3, 0.4) is 0 Å². The molecule has 0 unspecified atom stereocenters. The van der Waals surface area contributed by atoms with Crippen LogP contribution in [-0.4, -0.2) is 46.4 Å². The van der Waals surface area contributed by atoms with Crippen LogP contribution < -0.4 is 16.2 Å². The molecule has 0 aromatic carbocycles. The number of piperidine rings is 1. The van der Waals surface area contributed by atoms with Crippen molar-refractivity contribution in [3.05, 3.63) is 40.6 Å². The van der Waals surface area contributed by atoms with E-state index in [0.29, 0.717) is 25.6 Å². The van der Waals surface area contributed by atoms with Crippen LogP contribution in [0.4, 0.5) is 19.1 Å². The molecule has 2 saturated heterocycles. The smallest absolute Gasteiger partial charge is 0.376 e. The zero-order valence-corrected chi connectivity index (χ0v) is 18.0. The van der Waals surface area contributed by atoms with Gasteiger partial charge in [-0.1, -0.05) is 11.8 Å². The molecule has 31 heavy (non-hydrogen) atoms. The van der Waals surface area contributed by atoms with Crippen molar-refractivity contribution in [3.63, 3.8) is 0 Å². The van der Waals surface area contributed by atoms with Crippen LogP contribution in [0.15, 0.2) is 39.1 Å². The largest absolute Gasteiger partial charge is 0.434 e. The molecular formula is C20H24F3N5O2S. The van der Waals surface area contributed by atoms with E-state index in [2.05, 4.69) is 9.97 Å². The Balaban J connectivity index is 1.54. The molecule has 2 aliphatic rings. The number of nitrogens with two attached hydrogens (primary N) is 1. The summed E-state index contributed by atoms with van der Waals surface area (Å²) in [7, 11) is 1.58. The number of pyridine rings is 1. The number of halogens is 3. The SMILES string of the molecule is C[C@@H]1OCC2(CCN(c3ncc(Sc4cccnc4C(F)(F)F)c(=O)n3C)CC2)[C@@H]1N.